The average molecular weight is 391 g/mol. The lowest BCUT2D eigenvalue weighted by Crippen LogP contribution is -2.21. The van der Waals surface area contributed by atoms with Crippen molar-refractivity contribution in [1.82, 2.24) is 19.7 Å². The third-order valence-corrected chi connectivity index (χ3v) is 4.19. The van der Waals surface area contributed by atoms with E-state index in [0.29, 0.717) is 29.0 Å². The molecule has 2 aromatic heterocycles. The molecule has 0 spiro atoms. The molecule has 1 aromatic carbocycles. The summed E-state index contributed by atoms with van der Waals surface area (Å²) >= 11 is 6.07. The number of halogens is 1. The van der Waals surface area contributed by atoms with Crippen molar-refractivity contribution in [2.45, 2.75) is 0 Å². The Bertz CT molecular complexity index is 988. The van der Waals surface area contributed by atoms with Crippen LogP contribution in [0.15, 0.2) is 30.5 Å². The van der Waals surface area contributed by atoms with Gasteiger partial charge in [-0.2, -0.15) is 0 Å². The Balaban J connectivity index is 2.11. The minimum atomic E-state index is -0.470. The summed E-state index contributed by atoms with van der Waals surface area (Å²) in [5, 5.41) is 20.1. The molecule has 27 heavy (non-hydrogen) atoms. The summed E-state index contributed by atoms with van der Waals surface area (Å²) in [6, 6.07) is 6.07. The Morgan fingerprint density at radius 1 is 1.37 bits per heavy atom. The molecule has 0 aliphatic heterocycles. The van der Waals surface area contributed by atoms with Gasteiger partial charge in [0, 0.05) is 31.4 Å². The first-order valence-corrected chi connectivity index (χ1v) is 8.54. The molecule has 3 aromatic rings. The number of methoxy groups -OCH3 is 1. The van der Waals surface area contributed by atoms with Gasteiger partial charge in [-0.25, -0.2) is 9.67 Å². The van der Waals surface area contributed by atoms with E-state index in [4.69, 9.17) is 16.3 Å². The van der Waals surface area contributed by atoms with Gasteiger partial charge in [0.2, 0.25) is 0 Å². The topological polar surface area (TPSA) is 98.3 Å². The van der Waals surface area contributed by atoms with E-state index in [2.05, 4.69) is 20.3 Å². The average Bonchev–Trinajstić information content (AvgIpc) is 2.98. The number of aromatic nitrogens is 3. The maximum Gasteiger partial charge on any atom is 0.273 e. The quantitative estimate of drug-likeness (QED) is 0.376. The van der Waals surface area contributed by atoms with Crippen LogP contribution in [0, 0.1) is 10.1 Å². The smallest absolute Gasteiger partial charge is 0.273 e. The highest BCUT2D eigenvalue weighted by Gasteiger charge is 2.18. The van der Waals surface area contributed by atoms with Crippen molar-refractivity contribution in [3.8, 4) is 11.4 Å². The minimum absolute atomic E-state index is 0.0592. The van der Waals surface area contributed by atoms with Crippen molar-refractivity contribution in [1.29, 1.82) is 0 Å². The number of fused-ring (bicyclic) bond motifs is 1. The van der Waals surface area contributed by atoms with Crippen LogP contribution >= 0.6 is 11.6 Å². The molecule has 1 N–H and O–H groups in total. The summed E-state index contributed by atoms with van der Waals surface area (Å²) in [6.45, 7) is 1.52. The van der Waals surface area contributed by atoms with Gasteiger partial charge in [-0.3, -0.25) is 10.1 Å². The number of ether oxygens (including phenoxy) is 1. The molecular formula is C17H19ClN6O3. The van der Waals surface area contributed by atoms with Crippen molar-refractivity contribution >= 4 is 34.0 Å². The van der Waals surface area contributed by atoms with E-state index in [0.717, 1.165) is 17.4 Å². The number of nitrogens with zero attached hydrogens (tertiary/aromatic N) is 5. The molecular weight excluding hydrogens is 372 g/mol. The highest BCUT2D eigenvalue weighted by molar-refractivity contribution is 6.30. The maximum atomic E-state index is 11.0. The molecule has 0 radical (unpaired) electrons. The third kappa shape index (κ3) is 3.93. The first kappa shape index (κ1) is 18.9. The van der Waals surface area contributed by atoms with Gasteiger partial charge in [0.05, 0.1) is 29.0 Å². The molecule has 0 unspecified atom stereocenters. The van der Waals surface area contributed by atoms with Crippen LogP contribution in [0.1, 0.15) is 0 Å². The van der Waals surface area contributed by atoms with Crippen LogP contribution in [0.4, 0.5) is 11.5 Å². The van der Waals surface area contributed by atoms with Gasteiger partial charge in [0.1, 0.15) is 10.8 Å². The van der Waals surface area contributed by atoms with Gasteiger partial charge >= 0.3 is 0 Å². The first-order chi connectivity index (χ1) is 12.9. The Hall–Kier alpha value is -2.91. The van der Waals surface area contributed by atoms with E-state index in [1.165, 1.54) is 19.2 Å². The fraction of sp³-hybridized carbons (Fsp3) is 0.294. The van der Waals surface area contributed by atoms with Crippen LogP contribution in [-0.4, -0.2) is 58.9 Å². The number of rotatable bonds is 7. The van der Waals surface area contributed by atoms with Gasteiger partial charge in [0.25, 0.3) is 5.69 Å². The molecule has 3 rings (SSSR count). The Morgan fingerprint density at radius 2 is 2.15 bits per heavy atom. The second-order valence-electron chi connectivity index (χ2n) is 6.13. The van der Waals surface area contributed by atoms with Crippen LogP contribution < -0.4 is 10.1 Å². The number of benzene rings is 1. The standard InChI is InChI=1S/C17H19ClN6O3/c1-22(2)7-6-19-17-12-10-20-16(18)9-14(12)23(21-17)13-5-4-11(24(25)26)8-15(13)27-3/h4-5,8-10H,6-7H2,1-3H3,(H,19,21). The number of hydrogen-bond acceptors (Lipinski definition) is 7. The number of likely N-dealkylation sites (N-methyl/N-ethyl adjacent to an activating group) is 1. The molecule has 2 heterocycles. The number of non-ortho nitro benzene ring substituents is 1. The van der Waals surface area contributed by atoms with Crippen LogP contribution in [0.2, 0.25) is 5.15 Å². The van der Waals surface area contributed by atoms with Gasteiger partial charge in [-0.1, -0.05) is 11.6 Å². The van der Waals surface area contributed by atoms with Gasteiger partial charge in [0.15, 0.2) is 11.6 Å². The molecule has 142 valence electrons. The monoisotopic (exact) mass is 390 g/mol. The summed E-state index contributed by atoms with van der Waals surface area (Å²) in [4.78, 5) is 16.8. The van der Waals surface area contributed by atoms with E-state index in [-0.39, 0.29) is 5.69 Å². The fourth-order valence-electron chi connectivity index (χ4n) is 2.65. The summed E-state index contributed by atoms with van der Waals surface area (Å²) in [6.07, 6.45) is 1.65. The molecule has 9 nitrogen and oxygen atoms in total. The Morgan fingerprint density at radius 3 is 2.81 bits per heavy atom. The Labute approximate surface area is 160 Å². The molecule has 0 amide bonds. The fourth-order valence-corrected chi connectivity index (χ4v) is 2.80. The third-order valence-electron chi connectivity index (χ3n) is 3.99. The maximum absolute atomic E-state index is 11.0. The summed E-state index contributed by atoms with van der Waals surface area (Å²) < 4.78 is 6.99. The zero-order chi connectivity index (χ0) is 19.6. The van der Waals surface area contributed by atoms with E-state index < -0.39 is 4.92 Å². The van der Waals surface area contributed by atoms with E-state index in [1.807, 2.05) is 14.1 Å². The summed E-state index contributed by atoms with van der Waals surface area (Å²) in [5.74, 6) is 0.984. The van der Waals surface area contributed by atoms with Gasteiger partial charge in [-0.05, 0) is 20.2 Å². The first-order valence-electron chi connectivity index (χ1n) is 8.16. The highest BCUT2D eigenvalue weighted by atomic mass is 35.5. The Kier molecular flexibility index (Phi) is 5.43. The molecule has 10 heteroatoms. The van der Waals surface area contributed by atoms with Crippen molar-refractivity contribution < 1.29 is 9.66 Å². The molecule has 0 atom stereocenters. The van der Waals surface area contributed by atoms with Gasteiger partial charge in [-0.15, -0.1) is 5.10 Å². The minimum Gasteiger partial charge on any atom is -0.494 e. The predicted molar refractivity (Wildman–Crippen MR) is 104 cm³/mol. The molecule has 0 saturated heterocycles. The zero-order valence-electron chi connectivity index (χ0n) is 15.1. The molecule has 0 saturated carbocycles. The highest BCUT2D eigenvalue weighted by Crippen LogP contribution is 2.32. The largest absolute Gasteiger partial charge is 0.494 e. The summed E-state index contributed by atoms with van der Waals surface area (Å²) in [7, 11) is 5.43. The van der Waals surface area contributed by atoms with E-state index in [9.17, 15) is 10.1 Å². The SMILES string of the molecule is COc1cc([N+](=O)[O-])ccc1-n1nc(NCCN(C)C)c2cnc(Cl)cc21. The lowest BCUT2D eigenvalue weighted by atomic mass is 10.2. The number of hydrogen-bond donors (Lipinski definition) is 1. The number of nitrogens with one attached hydrogen (secondary N) is 1. The van der Waals surface area contributed by atoms with Crippen molar-refractivity contribution in [2.24, 2.45) is 0 Å². The van der Waals surface area contributed by atoms with E-state index >= 15 is 0 Å². The number of nitro benzene ring substituents is 1. The van der Waals surface area contributed by atoms with E-state index in [1.54, 1.807) is 23.0 Å². The van der Waals surface area contributed by atoms with Crippen LogP contribution in [0.25, 0.3) is 16.6 Å². The molecule has 0 bridgehead atoms. The number of nitro groups is 1. The van der Waals surface area contributed by atoms with Gasteiger partial charge < -0.3 is 15.0 Å². The molecule has 0 aliphatic rings. The zero-order valence-corrected chi connectivity index (χ0v) is 15.9. The number of anilines is 1. The molecule has 0 fully saturated rings. The van der Waals surface area contributed by atoms with Crippen molar-refractivity contribution in [3.05, 3.63) is 45.7 Å². The second kappa shape index (κ2) is 7.77. The molecule has 0 aliphatic carbocycles. The van der Waals surface area contributed by atoms with Crippen LogP contribution in [0.5, 0.6) is 5.75 Å². The van der Waals surface area contributed by atoms with Crippen LogP contribution in [-0.2, 0) is 0 Å². The van der Waals surface area contributed by atoms with Crippen molar-refractivity contribution in [3.63, 3.8) is 0 Å². The predicted octanol–water partition coefficient (Wildman–Crippen LogP) is 2.96. The second-order valence-corrected chi connectivity index (χ2v) is 6.52. The number of pyridine rings is 1. The normalized spacial score (nSPS) is 11.1. The summed E-state index contributed by atoms with van der Waals surface area (Å²) in [5.41, 5.74) is 1.22. The lowest BCUT2D eigenvalue weighted by molar-refractivity contribution is -0.384. The van der Waals surface area contributed by atoms with Crippen molar-refractivity contribution in [2.75, 3.05) is 39.6 Å². The lowest BCUT2D eigenvalue weighted by Gasteiger charge is -2.10. The van der Waals surface area contributed by atoms with Crippen LogP contribution in [0.3, 0.4) is 0 Å².